The van der Waals surface area contributed by atoms with Crippen LogP contribution >= 0.6 is 11.6 Å². The largest absolute Gasteiger partial charge is 0.496 e. The molecule has 0 saturated carbocycles. The van der Waals surface area contributed by atoms with E-state index >= 15 is 0 Å². The quantitative estimate of drug-likeness (QED) is 0.429. The van der Waals surface area contributed by atoms with Gasteiger partial charge in [-0.2, -0.15) is 13.2 Å². The minimum atomic E-state index is -4.61. The average molecular weight is 409 g/mol. The Morgan fingerprint density at radius 2 is 1.32 bits per heavy atom. The molecular weight excluding hydrogens is 387 g/mol. The van der Waals surface area contributed by atoms with E-state index in [9.17, 15) is 13.2 Å². The molecule has 0 radical (unpaired) electrons. The summed E-state index contributed by atoms with van der Waals surface area (Å²) in [7, 11) is -1.18. The molecule has 0 atom stereocenters. The van der Waals surface area contributed by atoms with Gasteiger partial charge in [0.2, 0.25) is 0 Å². The molecule has 7 heteroatoms. The van der Waals surface area contributed by atoms with E-state index in [1.54, 1.807) is 42.5 Å². The third-order valence-corrected chi connectivity index (χ3v) is 5.51. The van der Waals surface area contributed by atoms with Crippen molar-refractivity contribution >= 4 is 29.8 Å². The monoisotopic (exact) mass is 408 g/mol. The number of hydrogen-bond acceptors (Lipinski definition) is 2. The first-order valence-corrected chi connectivity index (χ1v) is 9.28. The summed E-state index contributed by atoms with van der Waals surface area (Å²) in [5.74, 6) is 0. The lowest BCUT2D eigenvalue weighted by Crippen LogP contribution is -2.41. The van der Waals surface area contributed by atoms with Crippen molar-refractivity contribution < 1.29 is 22.5 Å². The number of rotatable bonds is 3. The van der Waals surface area contributed by atoms with Crippen LogP contribution in [0.3, 0.4) is 0 Å². The Balaban J connectivity index is 2.29. The topological polar surface area (TPSA) is 18.5 Å². The maximum atomic E-state index is 14.3. The molecule has 0 spiro atoms. The lowest BCUT2D eigenvalue weighted by atomic mass is 9.70. The van der Waals surface area contributed by atoms with E-state index in [-0.39, 0.29) is 11.0 Å². The van der Waals surface area contributed by atoms with E-state index in [1.807, 2.05) is 27.7 Å². The zero-order valence-corrected chi connectivity index (χ0v) is 16.9. The van der Waals surface area contributed by atoms with Crippen LogP contribution in [0.2, 0.25) is 5.02 Å². The first-order chi connectivity index (χ1) is 12.9. The van der Waals surface area contributed by atoms with E-state index < -0.39 is 30.1 Å². The molecule has 1 fully saturated rings. The van der Waals surface area contributed by atoms with Gasteiger partial charge in [0.05, 0.1) is 16.8 Å². The fourth-order valence-corrected chi connectivity index (χ4v) is 3.19. The van der Waals surface area contributed by atoms with Crippen molar-refractivity contribution in [3.8, 4) is 0 Å². The molecule has 0 aromatic heterocycles. The van der Waals surface area contributed by atoms with Gasteiger partial charge in [0.15, 0.2) is 0 Å². The van der Waals surface area contributed by atoms with Gasteiger partial charge in [0.25, 0.3) is 0 Å². The van der Waals surface area contributed by atoms with Crippen LogP contribution in [0, 0.1) is 0 Å². The number of benzene rings is 2. The molecule has 1 aliphatic heterocycles. The Kier molecular flexibility index (Phi) is 5.43. The molecule has 0 bridgehead atoms. The normalized spacial score (nSPS) is 19.5. The van der Waals surface area contributed by atoms with E-state index in [1.165, 1.54) is 12.1 Å². The summed E-state index contributed by atoms with van der Waals surface area (Å²) < 4.78 is 54.8. The molecule has 1 heterocycles. The standard InChI is InChI=1S/C21H21BClF3O2/c1-19(2)20(3,4)28-22(27-19)18(15-10-12-16(23)13-11-15)17(21(24,25)26)14-8-6-5-7-9-14/h5-13H,1-4H3/b18-17-. The Bertz CT molecular complexity index is 859. The molecule has 148 valence electrons. The van der Waals surface area contributed by atoms with Crippen LogP contribution in [-0.4, -0.2) is 24.5 Å². The summed E-state index contributed by atoms with van der Waals surface area (Å²) in [6.07, 6.45) is -4.61. The molecule has 28 heavy (non-hydrogen) atoms. The third kappa shape index (κ3) is 4.00. The van der Waals surface area contributed by atoms with Gasteiger partial charge >= 0.3 is 13.3 Å². The fraction of sp³-hybridized carbons (Fsp3) is 0.333. The second-order valence-electron chi connectivity index (χ2n) is 7.75. The summed E-state index contributed by atoms with van der Waals surface area (Å²) in [5.41, 5.74) is -2.00. The highest BCUT2D eigenvalue weighted by atomic mass is 35.5. The maximum Gasteiger partial charge on any atom is 0.496 e. The number of hydrogen-bond donors (Lipinski definition) is 0. The van der Waals surface area contributed by atoms with Crippen LogP contribution in [-0.2, 0) is 9.31 Å². The van der Waals surface area contributed by atoms with Crippen molar-refractivity contribution in [3.05, 3.63) is 70.7 Å². The van der Waals surface area contributed by atoms with Crippen molar-refractivity contribution in [2.45, 2.75) is 45.1 Å². The van der Waals surface area contributed by atoms with E-state index in [4.69, 9.17) is 20.9 Å². The third-order valence-electron chi connectivity index (χ3n) is 5.26. The van der Waals surface area contributed by atoms with Gasteiger partial charge in [0.1, 0.15) is 0 Å². The Labute approximate surface area is 168 Å². The fourth-order valence-electron chi connectivity index (χ4n) is 3.07. The molecule has 2 nitrogen and oxygen atoms in total. The first-order valence-electron chi connectivity index (χ1n) is 8.91. The summed E-state index contributed by atoms with van der Waals surface area (Å²) in [4.78, 5) is 0. The molecule has 0 unspecified atom stereocenters. The molecule has 3 rings (SSSR count). The molecule has 1 saturated heterocycles. The van der Waals surface area contributed by atoms with Crippen LogP contribution in [0.15, 0.2) is 54.6 Å². The molecule has 0 amide bonds. The highest BCUT2D eigenvalue weighted by molar-refractivity contribution is 6.71. The van der Waals surface area contributed by atoms with E-state index in [2.05, 4.69) is 0 Å². The number of halogens is 4. The van der Waals surface area contributed by atoms with E-state index in [0.717, 1.165) is 0 Å². The number of allylic oxidation sites excluding steroid dienone is 1. The molecule has 0 aliphatic carbocycles. The average Bonchev–Trinajstić information content (AvgIpc) is 2.80. The highest BCUT2D eigenvalue weighted by Gasteiger charge is 2.54. The molecular formula is C21H21BClF3O2. The lowest BCUT2D eigenvalue weighted by molar-refractivity contribution is -0.0685. The summed E-state index contributed by atoms with van der Waals surface area (Å²) in [6.45, 7) is 7.23. The second kappa shape index (κ2) is 7.25. The van der Waals surface area contributed by atoms with Crippen LogP contribution < -0.4 is 0 Å². The van der Waals surface area contributed by atoms with Crippen LogP contribution in [0.25, 0.3) is 11.0 Å². The molecule has 2 aromatic carbocycles. The summed E-state index contributed by atoms with van der Waals surface area (Å²) >= 11 is 5.95. The van der Waals surface area contributed by atoms with Gasteiger partial charge in [-0.05, 0) is 51.0 Å². The van der Waals surface area contributed by atoms with Crippen molar-refractivity contribution in [2.75, 3.05) is 0 Å². The van der Waals surface area contributed by atoms with Gasteiger partial charge in [-0.15, -0.1) is 0 Å². The van der Waals surface area contributed by atoms with E-state index in [0.29, 0.717) is 10.6 Å². The molecule has 1 aliphatic rings. The predicted octanol–water partition coefficient (Wildman–Crippen LogP) is 6.44. The molecule has 2 aromatic rings. The first kappa shape index (κ1) is 21.0. The zero-order valence-electron chi connectivity index (χ0n) is 16.1. The Morgan fingerprint density at radius 3 is 1.79 bits per heavy atom. The lowest BCUT2D eigenvalue weighted by Gasteiger charge is -2.32. The van der Waals surface area contributed by atoms with Crippen LogP contribution in [0.5, 0.6) is 0 Å². The van der Waals surface area contributed by atoms with Gasteiger partial charge < -0.3 is 9.31 Å². The van der Waals surface area contributed by atoms with Gasteiger partial charge in [0, 0.05) is 10.5 Å². The maximum absolute atomic E-state index is 14.3. The Morgan fingerprint density at radius 1 is 0.821 bits per heavy atom. The smallest absolute Gasteiger partial charge is 0.399 e. The summed E-state index contributed by atoms with van der Waals surface area (Å²) in [6, 6.07) is 13.9. The minimum absolute atomic E-state index is 0.0506. The van der Waals surface area contributed by atoms with Crippen molar-refractivity contribution in [3.63, 3.8) is 0 Å². The predicted molar refractivity (Wildman–Crippen MR) is 107 cm³/mol. The Hall–Kier alpha value is -1.76. The second-order valence-corrected chi connectivity index (χ2v) is 8.18. The van der Waals surface area contributed by atoms with Crippen molar-refractivity contribution in [1.82, 2.24) is 0 Å². The van der Waals surface area contributed by atoms with Crippen LogP contribution in [0.1, 0.15) is 38.8 Å². The number of alkyl halides is 3. The van der Waals surface area contributed by atoms with Crippen molar-refractivity contribution in [2.24, 2.45) is 0 Å². The highest BCUT2D eigenvalue weighted by Crippen LogP contribution is 2.46. The minimum Gasteiger partial charge on any atom is -0.399 e. The summed E-state index contributed by atoms with van der Waals surface area (Å²) in [5, 5.41) is 0.435. The SMILES string of the molecule is CC1(C)OB(/C(=C(/c2ccccc2)C(F)(F)F)c2ccc(Cl)cc2)OC1(C)C. The van der Waals surface area contributed by atoms with Crippen molar-refractivity contribution in [1.29, 1.82) is 0 Å². The van der Waals surface area contributed by atoms with Gasteiger partial charge in [-0.25, -0.2) is 0 Å². The molecule has 0 N–H and O–H groups in total. The van der Waals surface area contributed by atoms with Gasteiger partial charge in [-0.3, -0.25) is 0 Å². The van der Waals surface area contributed by atoms with Crippen LogP contribution in [0.4, 0.5) is 13.2 Å². The van der Waals surface area contributed by atoms with Gasteiger partial charge in [-0.1, -0.05) is 54.1 Å². The zero-order chi connectivity index (χ0) is 20.7.